The van der Waals surface area contributed by atoms with E-state index in [1.807, 2.05) is 0 Å². The first-order valence-electron chi connectivity index (χ1n) is 8.36. The number of ether oxygens (including phenoxy) is 3. The number of methoxy groups -OCH3 is 3. The molecule has 1 aromatic carbocycles. The Labute approximate surface area is 173 Å². The molecule has 0 spiro atoms. The van der Waals surface area contributed by atoms with Gasteiger partial charge in [0.05, 0.1) is 38.3 Å². The van der Waals surface area contributed by atoms with Crippen LogP contribution in [0.5, 0.6) is 0 Å². The first kappa shape index (κ1) is 24.0. The quantitative estimate of drug-likeness (QED) is 0.165. The average molecular weight is 424 g/mol. The van der Waals surface area contributed by atoms with Gasteiger partial charge in [0, 0.05) is 6.08 Å². The molecule has 9 heteroatoms. The molecule has 0 saturated heterocycles. The Balaban J connectivity index is 4.05. The molecule has 0 N–H and O–H groups in total. The van der Waals surface area contributed by atoms with Gasteiger partial charge < -0.3 is 14.2 Å². The number of rotatable bonds is 7. The van der Waals surface area contributed by atoms with Gasteiger partial charge >= 0.3 is 17.9 Å². The van der Waals surface area contributed by atoms with E-state index >= 15 is 0 Å². The maximum Gasteiger partial charge on any atom is 0.340 e. The van der Waals surface area contributed by atoms with Crippen LogP contribution >= 0.6 is 11.6 Å². The first-order valence-corrected chi connectivity index (χ1v) is 8.74. The van der Waals surface area contributed by atoms with Crippen molar-refractivity contribution in [3.63, 3.8) is 0 Å². The fourth-order valence-electron chi connectivity index (χ4n) is 2.48. The summed E-state index contributed by atoms with van der Waals surface area (Å²) < 4.78 is 14.0. The number of aryl methyl sites for hydroxylation is 2. The molecule has 0 heterocycles. The summed E-state index contributed by atoms with van der Waals surface area (Å²) in [6, 6.07) is 5.27. The molecule has 1 aromatic rings. The molecule has 0 aliphatic heterocycles. The van der Waals surface area contributed by atoms with Gasteiger partial charge in [-0.05, 0) is 31.9 Å². The van der Waals surface area contributed by atoms with Gasteiger partial charge in [0.2, 0.25) is 4.87 Å². The molecule has 29 heavy (non-hydrogen) atoms. The molecule has 0 bridgehead atoms. The van der Waals surface area contributed by atoms with Crippen LogP contribution < -0.4 is 0 Å². The van der Waals surface area contributed by atoms with Gasteiger partial charge in [0.15, 0.2) is 5.78 Å². The van der Waals surface area contributed by atoms with Crippen LogP contribution in [0.4, 0.5) is 5.69 Å². The van der Waals surface area contributed by atoms with Crippen LogP contribution in [0.3, 0.4) is 0 Å². The monoisotopic (exact) mass is 423 g/mol. The van der Waals surface area contributed by atoms with Crippen molar-refractivity contribution in [1.82, 2.24) is 0 Å². The highest BCUT2D eigenvalue weighted by atomic mass is 35.5. The highest BCUT2D eigenvalue weighted by molar-refractivity contribution is 6.61. The van der Waals surface area contributed by atoms with E-state index in [4.69, 9.17) is 16.3 Å². The fourth-order valence-corrected chi connectivity index (χ4v) is 2.70. The number of alkyl halides is 1. The lowest BCUT2D eigenvalue weighted by Gasteiger charge is -2.24. The Morgan fingerprint density at radius 2 is 1.55 bits per heavy atom. The number of carbonyl (C=O) groups excluding carboxylic acids is 4. The van der Waals surface area contributed by atoms with Crippen molar-refractivity contribution in [2.75, 3.05) is 21.3 Å². The number of halogens is 1. The largest absolute Gasteiger partial charge is 0.467 e. The summed E-state index contributed by atoms with van der Waals surface area (Å²) in [5, 5.41) is 0. The number of benzene rings is 1. The Bertz CT molecular complexity index is 884. The summed E-state index contributed by atoms with van der Waals surface area (Å²) in [6.07, 6.45) is 0.751. The minimum Gasteiger partial charge on any atom is -0.467 e. The molecule has 8 nitrogen and oxygen atoms in total. The first-order chi connectivity index (χ1) is 13.5. The fraction of sp³-hybridized carbons (Fsp3) is 0.350. The number of Topliss-reactive ketones (excluding diaryl/α,β-unsaturated/α-hetero) is 1. The summed E-state index contributed by atoms with van der Waals surface area (Å²) in [6.45, 7) is 4.53. The zero-order valence-electron chi connectivity index (χ0n) is 17.0. The second-order valence-electron chi connectivity index (χ2n) is 5.98. The molecule has 0 aliphatic rings. The van der Waals surface area contributed by atoms with E-state index < -0.39 is 39.9 Å². The van der Waals surface area contributed by atoms with Gasteiger partial charge in [0.25, 0.3) is 0 Å². The van der Waals surface area contributed by atoms with Gasteiger partial charge in [-0.3, -0.25) is 4.79 Å². The van der Waals surface area contributed by atoms with Gasteiger partial charge in [-0.1, -0.05) is 29.8 Å². The van der Waals surface area contributed by atoms with Crippen molar-refractivity contribution < 1.29 is 33.4 Å². The summed E-state index contributed by atoms with van der Waals surface area (Å²) in [5.74, 6) is -4.02. The molecular weight excluding hydrogens is 402 g/mol. The molecular formula is C20H22ClNO7. The molecule has 156 valence electrons. The zero-order valence-corrected chi connectivity index (χ0v) is 17.7. The highest BCUT2D eigenvalue weighted by Crippen LogP contribution is 2.31. The number of hydrogen-bond donors (Lipinski definition) is 0. The number of hydrogen-bond acceptors (Lipinski definition) is 8. The highest BCUT2D eigenvalue weighted by Gasteiger charge is 2.51. The SMILES string of the molecule is COC(=O)/C=C(\C(=O)OC)C(=Nc1c(C)cccc1C)C(Cl)(C(C)=O)C(=O)OC. The van der Waals surface area contributed by atoms with Crippen LogP contribution in [0.15, 0.2) is 34.8 Å². The Kier molecular flexibility index (Phi) is 8.27. The molecule has 0 amide bonds. The van der Waals surface area contributed by atoms with Gasteiger partial charge in [-0.25, -0.2) is 19.4 Å². The van der Waals surface area contributed by atoms with Crippen molar-refractivity contribution in [2.24, 2.45) is 4.99 Å². The predicted octanol–water partition coefficient (Wildman–Crippen LogP) is 2.39. The lowest BCUT2D eigenvalue weighted by Crippen LogP contribution is -2.50. The Morgan fingerprint density at radius 3 is 1.97 bits per heavy atom. The number of ketones is 1. The summed E-state index contributed by atoms with van der Waals surface area (Å²) in [7, 11) is 3.18. The zero-order chi connectivity index (χ0) is 22.4. The number of esters is 3. The van der Waals surface area contributed by atoms with E-state index in [1.54, 1.807) is 32.0 Å². The normalized spacial score (nSPS) is 13.9. The minimum absolute atomic E-state index is 0.359. The lowest BCUT2D eigenvalue weighted by molar-refractivity contribution is -0.144. The maximum atomic E-state index is 12.5. The molecule has 1 atom stereocenters. The Morgan fingerprint density at radius 1 is 1.00 bits per heavy atom. The molecule has 0 radical (unpaired) electrons. The molecule has 1 unspecified atom stereocenters. The van der Waals surface area contributed by atoms with E-state index in [0.717, 1.165) is 34.3 Å². The average Bonchev–Trinajstić information content (AvgIpc) is 2.70. The van der Waals surface area contributed by atoms with Crippen LogP contribution in [-0.4, -0.2) is 55.6 Å². The molecule has 1 rings (SSSR count). The maximum absolute atomic E-state index is 12.5. The molecule has 0 aromatic heterocycles. The summed E-state index contributed by atoms with van der Waals surface area (Å²) >= 11 is 6.41. The van der Waals surface area contributed by atoms with Crippen molar-refractivity contribution >= 4 is 46.7 Å². The second kappa shape index (κ2) is 9.97. The molecule has 0 fully saturated rings. The van der Waals surface area contributed by atoms with Crippen LogP contribution in [0.2, 0.25) is 0 Å². The van der Waals surface area contributed by atoms with E-state index in [9.17, 15) is 19.2 Å². The predicted molar refractivity (Wildman–Crippen MR) is 106 cm³/mol. The third-order valence-corrected chi connectivity index (χ3v) is 4.66. The van der Waals surface area contributed by atoms with Gasteiger partial charge in [-0.15, -0.1) is 0 Å². The summed E-state index contributed by atoms with van der Waals surface area (Å²) in [4.78, 5) is 51.1. The van der Waals surface area contributed by atoms with Gasteiger partial charge in [-0.2, -0.15) is 0 Å². The van der Waals surface area contributed by atoms with Gasteiger partial charge in [0.1, 0.15) is 0 Å². The number of aliphatic imine (C=N–C) groups is 1. The Hall–Kier alpha value is -3.00. The van der Waals surface area contributed by atoms with Crippen molar-refractivity contribution in [3.05, 3.63) is 41.0 Å². The molecule has 0 saturated carbocycles. The van der Waals surface area contributed by atoms with E-state index in [0.29, 0.717) is 16.8 Å². The third-order valence-electron chi connectivity index (χ3n) is 4.07. The minimum atomic E-state index is -2.50. The van der Waals surface area contributed by atoms with Crippen LogP contribution in [0.1, 0.15) is 18.1 Å². The number of para-hydroxylation sites is 1. The second-order valence-corrected chi connectivity index (χ2v) is 6.55. The summed E-state index contributed by atoms with van der Waals surface area (Å²) in [5.41, 5.74) is 0.692. The number of carbonyl (C=O) groups is 4. The van der Waals surface area contributed by atoms with Crippen molar-refractivity contribution in [3.8, 4) is 0 Å². The lowest BCUT2D eigenvalue weighted by atomic mass is 9.91. The standard InChI is InChI=1S/C20H22ClNO7/c1-11-8-7-9-12(2)16(11)22-17(20(21,13(3)23)19(26)29-6)14(18(25)28-5)10-15(24)27-4/h7-10H,1-6H3/b14-10-,22-17?. The van der Waals surface area contributed by atoms with Crippen molar-refractivity contribution in [2.45, 2.75) is 25.6 Å². The topological polar surface area (TPSA) is 108 Å². The van der Waals surface area contributed by atoms with E-state index in [2.05, 4.69) is 14.5 Å². The van der Waals surface area contributed by atoms with Crippen molar-refractivity contribution in [1.29, 1.82) is 0 Å². The number of nitrogens with zero attached hydrogens (tertiary/aromatic N) is 1. The third kappa shape index (κ3) is 5.08. The van der Waals surface area contributed by atoms with Crippen LogP contribution in [0, 0.1) is 13.8 Å². The molecule has 0 aliphatic carbocycles. The van der Waals surface area contributed by atoms with E-state index in [-0.39, 0.29) is 0 Å². The smallest absolute Gasteiger partial charge is 0.340 e. The van der Waals surface area contributed by atoms with Crippen LogP contribution in [0.25, 0.3) is 0 Å². The van der Waals surface area contributed by atoms with Crippen LogP contribution in [-0.2, 0) is 33.4 Å². The van der Waals surface area contributed by atoms with E-state index in [1.165, 1.54) is 0 Å².